The number of fused-ring (bicyclic) bond motifs is 1. The van der Waals surface area contributed by atoms with Crippen molar-refractivity contribution in [2.24, 2.45) is 0 Å². The van der Waals surface area contributed by atoms with Crippen molar-refractivity contribution in [2.45, 2.75) is 0 Å². The molecule has 0 spiro atoms. The van der Waals surface area contributed by atoms with E-state index in [9.17, 15) is 8.42 Å². The lowest BCUT2D eigenvalue weighted by molar-refractivity contribution is 0.437. The van der Waals surface area contributed by atoms with Crippen LogP contribution in [0.3, 0.4) is 0 Å². The predicted molar refractivity (Wildman–Crippen MR) is 55.4 cm³/mol. The molecule has 2 N–H and O–H groups in total. The van der Waals surface area contributed by atoms with Gasteiger partial charge in [-0.15, -0.1) is 8.42 Å². The van der Waals surface area contributed by atoms with Crippen LogP contribution in [-0.2, 0) is 10.4 Å². The third-order valence-electron chi connectivity index (χ3n) is 1.97. The quantitative estimate of drug-likeness (QED) is 0.701. The molecular weight excluding hydrogens is 220 g/mol. The maximum absolute atomic E-state index is 11.1. The Hall–Kier alpha value is -1.63. The topological polar surface area (TPSA) is 81.9 Å². The van der Waals surface area contributed by atoms with Crippen LogP contribution in [0.2, 0.25) is 0 Å². The molecule has 0 radical (unpaired) electrons. The zero-order valence-electron chi connectivity index (χ0n) is 8.22. The molecule has 1 aliphatic rings. The summed E-state index contributed by atoms with van der Waals surface area (Å²) >= 11 is 0. The normalized spacial score (nSPS) is 16.4. The molecule has 1 aliphatic heterocycles. The van der Waals surface area contributed by atoms with E-state index in [1.165, 1.54) is 0 Å². The van der Waals surface area contributed by atoms with Crippen LogP contribution in [0.4, 0.5) is 11.4 Å². The number of hydrogen-bond acceptors (Lipinski definition) is 6. The minimum absolute atomic E-state index is 0.0567. The Morgan fingerprint density at radius 3 is 2.40 bits per heavy atom. The molecule has 0 saturated carbocycles. The summed E-state index contributed by atoms with van der Waals surface area (Å²) in [4.78, 5) is 1.71. The minimum Gasteiger partial charge on any atom is -0.396 e. The van der Waals surface area contributed by atoms with Crippen LogP contribution in [0.25, 0.3) is 0 Å². The number of nitrogen functional groups attached to an aromatic ring is 1. The number of benzene rings is 1. The van der Waals surface area contributed by atoms with E-state index in [4.69, 9.17) is 9.92 Å². The molecular formula is C8H10N2O4S. The van der Waals surface area contributed by atoms with E-state index in [1.807, 2.05) is 0 Å². The maximum Gasteiger partial charge on any atom is 0.501 e. The van der Waals surface area contributed by atoms with Gasteiger partial charge in [0.05, 0.1) is 11.4 Å². The Morgan fingerprint density at radius 2 is 1.80 bits per heavy atom. The Kier molecular flexibility index (Phi) is 1.93. The lowest BCUT2D eigenvalue weighted by atomic mass is 10.2. The zero-order chi connectivity index (χ0) is 11.2. The monoisotopic (exact) mass is 230 g/mol. The van der Waals surface area contributed by atoms with Crippen LogP contribution < -0.4 is 19.0 Å². The number of anilines is 2. The van der Waals surface area contributed by atoms with Gasteiger partial charge in [-0.2, -0.15) is 0 Å². The first kappa shape index (κ1) is 9.91. The molecule has 2 rings (SSSR count). The van der Waals surface area contributed by atoms with E-state index in [1.54, 1.807) is 31.1 Å². The summed E-state index contributed by atoms with van der Waals surface area (Å²) in [6.45, 7) is 0. The number of hydrogen-bond donors (Lipinski definition) is 1. The van der Waals surface area contributed by atoms with Crippen molar-refractivity contribution in [1.82, 2.24) is 0 Å². The van der Waals surface area contributed by atoms with Gasteiger partial charge in [0.2, 0.25) is 11.5 Å². The Labute approximate surface area is 87.5 Å². The summed E-state index contributed by atoms with van der Waals surface area (Å²) in [6.07, 6.45) is 0. The second kappa shape index (κ2) is 2.93. The lowest BCUT2D eigenvalue weighted by Crippen LogP contribution is -2.11. The molecule has 15 heavy (non-hydrogen) atoms. The van der Waals surface area contributed by atoms with Gasteiger partial charge in [0.1, 0.15) is 0 Å². The van der Waals surface area contributed by atoms with Gasteiger partial charge in [0.25, 0.3) is 0 Å². The molecule has 0 saturated heterocycles. The van der Waals surface area contributed by atoms with Crippen molar-refractivity contribution in [3.8, 4) is 11.5 Å². The first-order valence-electron chi connectivity index (χ1n) is 4.14. The highest BCUT2D eigenvalue weighted by molar-refractivity contribution is 7.82. The second-order valence-corrected chi connectivity index (χ2v) is 4.45. The smallest absolute Gasteiger partial charge is 0.396 e. The standard InChI is InChI=1S/C8H10N2O4S/c1-10(2)6-4-3-5(9)7-8(6)14-15(11,12)13-7/h3-4H,9H2,1-2H3. The molecule has 0 unspecified atom stereocenters. The lowest BCUT2D eigenvalue weighted by Gasteiger charge is -2.14. The summed E-state index contributed by atoms with van der Waals surface area (Å²) in [5, 5.41) is 0. The molecule has 0 bridgehead atoms. The molecule has 1 aromatic carbocycles. The number of nitrogens with zero attached hydrogens (tertiary/aromatic N) is 1. The summed E-state index contributed by atoms with van der Waals surface area (Å²) in [5.41, 5.74) is 6.40. The van der Waals surface area contributed by atoms with Gasteiger partial charge in [0.15, 0.2) is 0 Å². The third kappa shape index (κ3) is 1.54. The van der Waals surface area contributed by atoms with E-state index in [2.05, 4.69) is 4.18 Å². The van der Waals surface area contributed by atoms with Gasteiger partial charge in [0, 0.05) is 14.1 Å². The van der Waals surface area contributed by atoms with Crippen molar-refractivity contribution in [3.63, 3.8) is 0 Å². The highest BCUT2D eigenvalue weighted by Crippen LogP contribution is 2.46. The van der Waals surface area contributed by atoms with E-state index < -0.39 is 10.4 Å². The predicted octanol–water partition coefficient (Wildman–Crippen LogP) is 0.351. The third-order valence-corrected chi connectivity index (χ3v) is 2.72. The fourth-order valence-electron chi connectivity index (χ4n) is 1.31. The van der Waals surface area contributed by atoms with E-state index in [0.717, 1.165) is 0 Å². The molecule has 0 fully saturated rings. The van der Waals surface area contributed by atoms with Gasteiger partial charge < -0.3 is 19.0 Å². The summed E-state index contributed by atoms with van der Waals surface area (Å²) in [6, 6.07) is 3.23. The summed E-state index contributed by atoms with van der Waals surface area (Å²) < 4.78 is 31.5. The van der Waals surface area contributed by atoms with Crippen LogP contribution in [0.15, 0.2) is 12.1 Å². The first-order valence-corrected chi connectivity index (χ1v) is 5.48. The van der Waals surface area contributed by atoms with Crippen LogP contribution in [0.1, 0.15) is 0 Å². The fourth-order valence-corrected chi connectivity index (χ4v) is 2.08. The average molecular weight is 230 g/mol. The molecule has 7 heteroatoms. The fraction of sp³-hybridized carbons (Fsp3) is 0.250. The minimum atomic E-state index is -3.99. The van der Waals surface area contributed by atoms with Gasteiger partial charge >= 0.3 is 10.4 Å². The zero-order valence-corrected chi connectivity index (χ0v) is 9.04. The van der Waals surface area contributed by atoms with Gasteiger partial charge in [-0.25, -0.2) is 0 Å². The Bertz CT molecular complexity index is 510. The van der Waals surface area contributed by atoms with Crippen LogP contribution in [-0.4, -0.2) is 22.5 Å². The molecule has 1 heterocycles. The van der Waals surface area contributed by atoms with Crippen molar-refractivity contribution in [1.29, 1.82) is 0 Å². The number of nitrogens with two attached hydrogens (primary N) is 1. The molecule has 6 nitrogen and oxygen atoms in total. The molecule has 0 amide bonds. The summed E-state index contributed by atoms with van der Waals surface area (Å²) in [5.74, 6) is 0.196. The van der Waals surface area contributed by atoms with E-state index in [0.29, 0.717) is 5.69 Å². The Balaban J connectivity index is 2.65. The van der Waals surface area contributed by atoms with Crippen molar-refractivity contribution < 1.29 is 16.8 Å². The first-order chi connectivity index (χ1) is 6.91. The van der Waals surface area contributed by atoms with Gasteiger partial charge in [-0.05, 0) is 12.1 Å². The van der Waals surface area contributed by atoms with Crippen LogP contribution in [0, 0.1) is 0 Å². The second-order valence-electron chi connectivity index (χ2n) is 3.30. The van der Waals surface area contributed by atoms with Crippen molar-refractivity contribution in [2.75, 3.05) is 24.7 Å². The molecule has 1 aromatic rings. The van der Waals surface area contributed by atoms with Crippen molar-refractivity contribution >= 4 is 21.8 Å². The average Bonchev–Trinajstić information content (AvgIpc) is 2.41. The van der Waals surface area contributed by atoms with E-state index in [-0.39, 0.29) is 17.2 Å². The maximum atomic E-state index is 11.1. The van der Waals surface area contributed by atoms with E-state index >= 15 is 0 Å². The summed E-state index contributed by atoms with van der Waals surface area (Å²) in [7, 11) is -0.463. The molecule has 82 valence electrons. The number of rotatable bonds is 1. The van der Waals surface area contributed by atoms with Gasteiger partial charge in [-0.3, -0.25) is 0 Å². The highest BCUT2D eigenvalue weighted by Gasteiger charge is 2.33. The van der Waals surface area contributed by atoms with Crippen LogP contribution in [0.5, 0.6) is 11.5 Å². The van der Waals surface area contributed by atoms with Gasteiger partial charge in [-0.1, -0.05) is 0 Å². The Morgan fingerprint density at radius 1 is 1.20 bits per heavy atom. The largest absolute Gasteiger partial charge is 0.501 e. The van der Waals surface area contributed by atoms with Crippen molar-refractivity contribution in [3.05, 3.63) is 12.1 Å². The molecule has 0 aromatic heterocycles. The molecule has 0 aliphatic carbocycles. The highest BCUT2D eigenvalue weighted by atomic mass is 32.3. The van der Waals surface area contributed by atoms with Crippen LogP contribution >= 0.6 is 0 Å². The molecule has 0 atom stereocenters. The SMILES string of the molecule is CN(C)c1ccc(N)c2c1OS(=O)(=O)O2.